The molecule has 7 heteroatoms. The highest BCUT2D eigenvalue weighted by molar-refractivity contribution is 5.94. The first-order chi connectivity index (χ1) is 12.7. The summed E-state index contributed by atoms with van der Waals surface area (Å²) in [5, 5.41) is 2.67. The van der Waals surface area contributed by atoms with Crippen molar-refractivity contribution in [1.82, 2.24) is 14.7 Å². The number of fused-ring (bicyclic) bond motifs is 1. The summed E-state index contributed by atoms with van der Waals surface area (Å²) in [4.78, 5) is 27.7. The van der Waals surface area contributed by atoms with Crippen LogP contribution in [-0.2, 0) is 16.1 Å². The van der Waals surface area contributed by atoms with Crippen LogP contribution in [0.25, 0.3) is 5.65 Å². The van der Waals surface area contributed by atoms with E-state index in [0.717, 1.165) is 11.3 Å². The van der Waals surface area contributed by atoms with Gasteiger partial charge in [-0.1, -0.05) is 12.1 Å². The topological polar surface area (TPSA) is 81.9 Å². The Kier molecular flexibility index (Phi) is 5.48. The Morgan fingerprint density at radius 1 is 1.19 bits per heavy atom. The number of imidazole rings is 1. The molecule has 1 N–H and O–H groups in total. The van der Waals surface area contributed by atoms with Crippen LogP contribution in [0.3, 0.4) is 0 Å². The highest BCUT2D eigenvalue weighted by Crippen LogP contribution is 2.15. The molecule has 7 nitrogen and oxygen atoms in total. The first-order valence-corrected chi connectivity index (χ1v) is 8.16. The Morgan fingerprint density at radius 2 is 2.08 bits per heavy atom. The molecule has 3 rings (SSSR count). The zero-order chi connectivity index (χ0) is 18.4. The first kappa shape index (κ1) is 17.5. The van der Waals surface area contributed by atoms with Gasteiger partial charge in [-0.3, -0.25) is 9.59 Å². The summed E-state index contributed by atoms with van der Waals surface area (Å²) in [6, 6.07) is 12.6. The lowest BCUT2D eigenvalue weighted by molar-refractivity contribution is -0.140. The van der Waals surface area contributed by atoms with Gasteiger partial charge >= 0.3 is 5.97 Å². The summed E-state index contributed by atoms with van der Waals surface area (Å²) < 4.78 is 12.2. The van der Waals surface area contributed by atoms with Crippen molar-refractivity contribution in [3.8, 4) is 5.75 Å². The third-order valence-corrected chi connectivity index (χ3v) is 3.74. The van der Waals surface area contributed by atoms with E-state index in [1.54, 1.807) is 24.3 Å². The fraction of sp³-hybridized carbons (Fsp3) is 0.211. The molecule has 3 aromatic rings. The second-order valence-corrected chi connectivity index (χ2v) is 5.60. The molecule has 0 fully saturated rings. The number of benzene rings is 1. The van der Waals surface area contributed by atoms with Crippen LogP contribution in [0.1, 0.15) is 22.5 Å². The summed E-state index contributed by atoms with van der Waals surface area (Å²) in [7, 11) is 1.31. The zero-order valence-electron chi connectivity index (χ0n) is 14.3. The molecule has 2 heterocycles. The molecule has 1 aromatic carbocycles. The van der Waals surface area contributed by atoms with Gasteiger partial charge < -0.3 is 19.2 Å². The molecule has 134 valence electrons. The van der Waals surface area contributed by atoms with Crippen LogP contribution in [0.5, 0.6) is 5.75 Å². The number of aromatic nitrogens is 2. The smallest absolute Gasteiger partial charge is 0.307 e. The molecule has 0 atom stereocenters. The predicted molar refractivity (Wildman–Crippen MR) is 94.9 cm³/mol. The van der Waals surface area contributed by atoms with Crippen molar-refractivity contribution >= 4 is 17.5 Å². The summed E-state index contributed by atoms with van der Waals surface area (Å²) in [6.07, 6.45) is 3.95. The fourth-order valence-corrected chi connectivity index (χ4v) is 2.42. The Hall–Kier alpha value is -3.35. The van der Waals surface area contributed by atoms with E-state index in [1.807, 2.05) is 35.0 Å². The van der Waals surface area contributed by atoms with Gasteiger partial charge in [-0.25, -0.2) is 4.98 Å². The number of pyridine rings is 1. The molecule has 0 spiro atoms. The van der Waals surface area contributed by atoms with E-state index in [2.05, 4.69) is 15.0 Å². The summed E-state index contributed by atoms with van der Waals surface area (Å²) in [6.45, 7) is 0.521. The van der Waals surface area contributed by atoms with E-state index in [1.165, 1.54) is 7.11 Å². The average molecular weight is 353 g/mol. The third-order valence-electron chi connectivity index (χ3n) is 3.74. The number of rotatable bonds is 7. The van der Waals surface area contributed by atoms with Gasteiger partial charge in [-0.15, -0.1) is 0 Å². The minimum Gasteiger partial charge on any atom is -0.487 e. The Labute approximate surface area is 150 Å². The van der Waals surface area contributed by atoms with E-state index >= 15 is 0 Å². The monoisotopic (exact) mass is 353 g/mol. The van der Waals surface area contributed by atoms with Crippen molar-refractivity contribution in [2.24, 2.45) is 0 Å². The predicted octanol–water partition coefficient (Wildman–Crippen LogP) is 2.21. The molecule has 0 unspecified atom stereocenters. The fourth-order valence-electron chi connectivity index (χ4n) is 2.42. The average Bonchev–Trinajstić information content (AvgIpc) is 3.09. The quantitative estimate of drug-likeness (QED) is 0.659. The Bertz CT molecular complexity index is 887. The van der Waals surface area contributed by atoms with Crippen LogP contribution in [0, 0.1) is 0 Å². The van der Waals surface area contributed by atoms with Crippen LogP contribution < -0.4 is 10.1 Å². The summed E-state index contributed by atoms with van der Waals surface area (Å²) >= 11 is 0. The summed E-state index contributed by atoms with van der Waals surface area (Å²) in [5.74, 6) is -0.0652. The molecule has 0 radical (unpaired) electrons. The zero-order valence-corrected chi connectivity index (χ0v) is 14.3. The van der Waals surface area contributed by atoms with Gasteiger partial charge in [0.25, 0.3) is 5.91 Å². The maximum Gasteiger partial charge on any atom is 0.307 e. The lowest BCUT2D eigenvalue weighted by Crippen LogP contribution is -2.26. The number of amides is 1. The lowest BCUT2D eigenvalue weighted by Gasteiger charge is -2.07. The van der Waals surface area contributed by atoms with E-state index in [9.17, 15) is 9.59 Å². The Balaban J connectivity index is 1.58. The van der Waals surface area contributed by atoms with Crippen molar-refractivity contribution in [3.63, 3.8) is 0 Å². The number of nitrogens with zero attached hydrogens (tertiary/aromatic N) is 2. The molecule has 0 bridgehead atoms. The maximum atomic E-state index is 12.1. The van der Waals surface area contributed by atoms with Crippen LogP contribution in [0.15, 0.2) is 54.9 Å². The van der Waals surface area contributed by atoms with Gasteiger partial charge in [-0.2, -0.15) is 0 Å². The SMILES string of the molecule is COC(=O)CCNC(=O)c1cccc(OCc2cn3ccccc3n2)c1. The van der Waals surface area contributed by atoms with Crippen molar-refractivity contribution < 1.29 is 19.1 Å². The number of hydrogen-bond donors (Lipinski definition) is 1. The molecule has 0 aliphatic rings. The van der Waals surface area contributed by atoms with Gasteiger partial charge in [0.1, 0.15) is 18.0 Å². The molecular formula is C19H19N3O4. The van der Waals surface area contributed by atoms with Gasteiger partial charge in [0.2, 0.25) is 0 Å². The standard InChI is InChI=1S/C19H19N3O4/c1-25-18(23)8-9-20-19(24)14-5-4-6-16(11-14)26-13-15-12-22-10-3-2-7-17(22)21-15/h2-7,10-12H,8-9,13H2,1H3,(H,20,24). The normalized spacial score (nSPS) is 10.5. The third kappa shape index (κ3) is 4.38. The van der Waals surface area contributed by atoms with Gasteiger partial charge in [0.15, 0.2) is 0 Å². The summed E-state index contributed by atoms with van der Waals surface area (Å²) in [5.41, 5.74) is 2.11. The highest BCUT2D eigenvalue weighted by Gasteiger charge is 2.08. The number of nitrogens with one attached hydrogen (secondary N) is 1. The van der Waals surface area contributed by atoms with Crippen LogP contribution in [-0.4, -0.2) is 34.9 Å². The molecule has 0 saturated carbocycles. The van der Waals surface area contributed by atoms with Gasteiger partial charge in [0.05, 0.1) is 19.2 Å². The minimum absolute atomic E-state index is 0.131. The minimum atomic E-state index is -0.366. The number of hydrogen-bond acceptors (Lipinski definition) is 5. The number of esters is 1. The number of carbonyl (C=O) groups is 2. The lowest BCUT2D eigenvalue weighted by atomic mass is 10.2. The second kappa shape index (κ2) is 8.15. The van der Waals surface area contributed by atoms with Crippen LogP contribution in [0.2, 0.25) is 0 Å². The van der Waals surface area contributed by atoms with E-state index < -0.39 is 0 Å². The van der Waals surface area contributed by atoms with Gasteiger partial charge in [0, 0.05) is 24.5 Å². The number of methoxy groups -OCH3 is 1. The molecule has 2 aromatic heterocycles. The molecule has 1 amide bonds. The van der Waals surface area contributed by atoms with E-state index in [4.69, 9.17) is 4.74 Å². The molecule has 0 aliphatic heterocycles. The second-order valence-electron chi connectivity index (χ2n) is 5.60. The molecule has 26 heavy (non-hydrogen) atoms. The van der Waals surface area contributed by atoms with Gasteiger partial charge in [-0.05, 0) is 30.3 Å². The molecule has 0 aliphatic carbocycles. The largest absolute Gasteiger partial charge is 0.487 e. The number of carbonyl (C=O) groups excluding carboxylic acids is 2. The highest BCUT2D eigenvalue weighted by atomic mass is 16.5. The molecule has 0 saturated heterocycles. The van der Waals surface area contributed by atoms with Crippen LogP contribution in [0.4, 0.5) is 0 Å². The number of ether oxygens (including phenoxy) is 2. The van der Waals surface area contributed by atoms with Crippen molar-refractivity contribution in [3.05, 3.63) is 66.1 Å². The maximum absolute atomic E-state index is 12.1. The first-order valence-electron chi connectivity index (χ1n) is 8.16. The van der Waals surface area contributed by atoms with Crippen molar-refractivity contribution in [2.75, 3.05) is 13.7 Å². The molecular weight excluding hydrogens is 334 g/mol. The van der Waals surface area contributed by atoms with Crippen molar-refractivity contribution in [2.45, 2.75) is 13.0 Å². The Morgan fingerprint density at radius 3 is 2.88 bits per heavy atom. The van der Waals surface area contributed by atoms with Crippen molar-refractivity contribution in [1.29, 1.82) is 0 Å². The van der Waals surface area contributed by atoms with E-state index in [0.29, 0.717) is 17.9 Å². The van der Waals surface area contributed by atoms with E-state index in [-0.39, 0.29) is 24.8 Å². The van der Waals surface area contributed by atoms with Crippen LogP contribution >= 0.6 is 0 Å².